The Kier molecular flexibility index (Phi) is 4.78. The molecule has 0 aliphatic heterocycles. The molecule has 0 atom stereocenters. The summed E-state index contributed by atoms with van der Waals surface area (Å²) in [7, 11) is 1.55. The van der Waals surface area contributed by atoms with Crippen LogP contribution in [0.3, 0.4) is 0 Å². The topological polar surface area (TPSA) is 125 Å². The second kappa shape index (κ2) is 7.34. The molecule has 2 aromatic carbocycles. The van der Waals surface area contributed by atoms with E-state index in [-0.39, 0.29) is 22.5 Å². The van der Waals surface area contributed by atoms with Crippen LogP contribution in [0.2, 0.25) is 0 Å². The fourth-order valence-corrected chi connectivity index (χ4v) is 2.67. The lowest BCUT2D eigenvalue weighted by molar-refractivity contribution is 0.409. The molecule has 0 aliphatic carbocycles. The predicted molar refractivity (Wildman–Crippen MR) is 99.4 cm³/mol. The number of para-hydroxylation sites is 1. The Morgan fingerprint density at radius 1 is 1.00 bits per heavy atom. The summed E-state index contributed by atoms with van der Waals surface area (Å²) < 4.78 is 11.1. The van der Waals surface area contributed by atoms with Crippen LogP contribution in [0, 0.1) is 22.7 Å². The van der Waals surface area contributed by atoms with E-state index >= 15 is 0 Å². The maximum atomic E-state index is 12.2. The van der Waals surface area contributed by atoms with E-state index in [1.807, 2.05) is 12.1 Å². The lowest BCUT2D eigenvalue weighted by atomic mass is 9.96. The molecule has 0 unspecified atom stereocenters. The van der Waals surface area contributed by atoms with Crippen LogP contribution >= 0.6 is 0 Å². The van der Waals surface area contributed by atoms with E-state index in [4.69, 9.17) is 15.2 Å². The van der Waals surface area contributed by atoms with Crippen LogP contribution in [0.1, 0.15) is 11.1 Å². The number of benzene rings is 2. The van der Waals surface area contributed by atoms with E-state index in [0.29, 0.717) is 22.8 Å². The number of nitrogen functional groups attached to an aromatic ring is 1. The maximum Gasteiger partial charge on any atom is 0.268 e. The molecule has 3 aromatic rings. The smallest absolute Gasteiger partial charge is 0.268 e. The third-order valence-corrected chi connectivity index (χ3v) is 3.89. The third kappa shape index (κ3) is 3.30. The number of aromatic amines is 1. The zero-order valence-corrected chi connectivity index (χ0v) is 14.3. The summed E-state index contributed by atoms with van der Waals surface area (Å²) in [6.07, 6.45) is 0. The normalized spacial score (nSPS) is 9.89. The summed E-state index contributed by atoms with van der Waals surface area (Å²) in [6.45, 7) is 0. The Morgan fingerprint density at radius 3 is 2.41 bits per heavy atom. The number of nitrogens with two attached hydrogens (primary N) is 1. The minimum Gasteiger partial charge on any atom is -0.497 e. The first-order valence-corrected chi connectivity index (χ1v) is 7.86. The number of nitrogens with zero attached hydrogens (tertiary/aromatic N) is 2. The SMILES string of the molecule is COc1cccc(Oc2ccccc2-c2c(C#N)c(N)[nH]c(=O)c2C#N)c1. The number of aromatic nitrogens is 1. The highest BCUT2D eigenvalue weighted by Gasteiger charge is 2.21. The van der Waals surface area contributed by atoms with E-state index in [0.717, 1.165) is 0 Å². The van der Waals surface area contributed by atoms with Crippen LogP contribution in [0.4, 0.5) is 5.82 Å². The van der Waals surface area contributed by atoms with E-state index < -0.39 is 5.56 Å². The summed E-state index contributed by atoms with van der Waals surface area (Å²) >= 11 is 0. The second-order valence-corrected chi connectivity index (χ2v) is 5.49. The monoisotopic (exact) mass is 358 g/mol. The maximum absolute atomic E-state index is 12.2. The number of anilines is 1. The molecular weight excluding hydrogens is 344 g/mol. The van der Waals surface area contributed by atoms with Gasteiger partial charge in [-0.25, -0.2) is 0 Å². The van der Waals surface area contributed by atoms with Crippen molar-refractivity contribution in [1.29, 1.82) is 10.5 Å². The Morgan fingerprint density at radius 2 is 1.70 bits per heavy atom. The Labute approximate surface area is 154 Å². The van der Waals surface area contributed by atoms with E-state index in [1.54, 1.807) is 55.6 Å². The number of pyridine rings is 1. The van der Waals surface area contributed by atoms with Crippen molar-refractivity contribution in [3.05, 3.63) is 70.0 Å². The molecule has 132 valence electrons. The van der Waals surface area contributed by atoms with Crippen LogP contribution in [0.5, 0.6) is 17.2 Å². The highest BCUT2D eigenvalue weighted by atomic mass is 16.5. The molecule has 0 saturated carbocycles. The van der Waals surface area contributed by atoms with Crippen molar-refractivity contribution in [2.75, 3.05) is 12.8 Å². The minimum atomic E-state index is -0.666. The van der Waals surface area contributed by atoms with Gasteiger partial charge in [-0.2, -0.15) is 10.5 Å². The quantitative estimate of drug-likeness (QED) is 0.738. The number of hydrogen-bond donors (Lipinski definition) is 2. The van der Waals surface area contributed by atoms with Gasteiger partial charge in [0, 0.05) is 17.2 Å². The van der Waals surface area contributed by atoms with Gasteiger partial charge in [0.05, 0.1) is 7.11 Å². The first-order chi connectivity index (χ1) is 13.1. The molecule has 7 heteroatoms. The predicted octanol–water partition coefficient (Wildman–Crippen LogP) is 3.17. The molecule has 7 nitrogen and oxygen atoms in total. The summed E-state index contributed by atoms with van der Waals surface area (Å²) in [5, 5.41) is 18.9. The summed E-state index contributed by atoms with van der Waals surface area (Å²) in [5.74, 6) is 1.37. The molecule has 0 aliphatic rings. The first kappa shape index (κ1) is 17.6. The molecule has 1 heterocycles. The summed E-state index contributed by atoms with van der Waals surface area (Å²) in [4.78, 5) is 14.5. The van der Waals surface area contributed by atoms with Gasteiger partial charge < -0.3 is 20.2 Å². The van der Waals surface area contributed by atoms with Crippen LogP contribution in [0.15, 0.2) is 53.3 Å². The highest BCUT2D eigenvalue weighted by molar-refractivity contribution is 5.83. The van der Waals surface area contributed by atoms with E-state index in [9.17, 15) is 15.3 Å². The Hall–Kier alpha value is -4.23. The molecular formula is C20H14N4O3. The average Bonchev–Trinajstić information content (AvgIpc) is 2.68. The van der Waals surface area contributed by atoms with E-state index in [1.165, 1.54) is 0 Å². The minimum absolute atomic E-state index is 0.00726. The van der Waals surface area contributed by atoms with E-state index in [2.05, 4.69) is 4.98 Å². The zero-order valence-electron chi connectivity index (χ0n) is 14.3. The summed E-state index contributed by atoms with van der Waals surface area (Å²) in [6, 6.07) is 17.6. The Balaban J connectivity index is 2.22. The van der Waals surface area contributed by atoms with Gasteiger partial charge in [-0.3, -0.25) is 4.79 Å². The van der Waals surface area contributed by atoms with Crippen LogP contribution in [-0.4, -0.2) is 12.1 Å². The highest BCUT2D eigenvalue weighted by Crippen LogP contribution is 2.37. The molecule has 0 radical (unpaired) electrons. The molecule has 0 fully saturated rings. The fourth-order valence-electron chi connectivity index (χ4n) is 2.67. The molecule has 1 aromatic heterocycles. The largest absolute Gasteiger partial charge is 0.497 e. The van der Waals surface area contributed by atoms with Crippen molar-refractivity contribution < 1.29 is 9.47 Å². The van der Waals surface area contributed by atoms with Gasteiger partial charge in [-0.15, -0.1) is 0 Å². The van der Waals surface area contributed by atoms with Crippen molar-refractivity contribution in [2.45, 2.75) is 0 Å². The fraction of sp³-hybridized carbons (Fsp3) is 0.0500. The van der Waals surface area contributed by atoms with Gasteiger partial charge in [-0.05, 0) is 18.2 Å². The average molecular weight is 358 g/mol. The number of methoxy groups -OCH3 is 1. The first-order valence-electron chi connectivity index (χ1n) is 7.86. The van der Waals surface area contributed by atoms with Crippen molar-refractivity contribution in [3.8, 4) is 40.5 Å². The number of nitriles is 2. The molecule has 0 saturated heterocycles. The van der Waals surface area contributed by atoms with Crippen LogP contribution < -0.4 is 20.8 Å². The number of ether oxygens (including phenoxy) is 2. The van der Waals surface area contributed by atoms with Crippen molar-refractivity contribution in [3.63, 3.8) is 0 Å². The van der Waals surface area contributed by atoms with Gasteiger partial charge in [0.25, 0.3) is 5.56 Å². The summed E-state index contributed by atoms with van der Waals surface area (Å²) in [5.41, 5.74) is 5.47. The van der Waals surface area contributed by atoms with Crippen LogP contribution in [-0.2, 0) is 0 Å². The third-order valence-electron chi connectivity index (χ3n) is 3.89. The zero-order chi connectivity index (χ0) is 19.4. The van der Waals surface area contributed by atoms with Gasteiger partial charge >= 0.3 is 0 Å². The standard InChI is InChI=1S/C20H14N4O3/c1-26-12-5-4-6-13(9-12)27-17-8-3-2-7-14(17)18-15(10-21)19(23)24-20(25)16(18)11-22/h2-9H,1H3,(H3,23,24,25). The number of nitrogens with one attached hydrogen (secondary N) is 1. The van der Waals surface area contributed by atoms with Gasteiger partial charge in [-0.1, -0.05) is 24.3 Å². The number of H-pyrrole nitrogens is 1. The Bertz CT molecular complexity index is 1150. The lowest BCUT2D eigenvalue weighted by Gasteiger charge is -2.14. The molecule has 27 heavy (non-hydrogen) atoms. The second-order valence-electron chi connectivity index (χ2n) is 5.49. The molecule has 3 rings (SSSR count). The van der Waals surface area contributed by atoms with Crippen molar-refractivity contribution in [2.24, 2.45) is 0 Å². The van der Waals surface area contributed by atoms with Crippen molar-refractivity contribution in [1.82, 2.24) is 4.98 Å². The molecule has 0 spiro atoms. The lowest BCUT2D eigenvalue weighted by Crippen LogP contribution is -2.16. The number of rotatable bonds is 4. The molecule has 0 amide bonds. The molecule has 0 bridgehead atoms. The van der Waals surface area contributed by atoms with Gasteiger partial charge in [0.15, 0.2) is 0 Å². The van der Waals surface area contributed by atoms with Gasteiger partial charge in [0.1, 0.15) is 46.3 Å². The number of hydrogen-bond acceptors (Lipinski definition) is 6. The van der Waals surface area contributed by atoms with Gasteiger partial charge in [0.2, 0.25) is 0 Å². The van der Waals surface area contributed by atoms with Crippen LogP contribution in [0.25, 0.3) is 11.1 Å². The molecule has 3 N–H and O–H groups in total. The van der Waals surface area contributed by atoms with Crippen molar-refractivity contribution >= 4 is 5.82 Å².